The Kier molecular flexibility index (Phi) is 6.92. The Morgan fingerprint density at radius 1 is 1.13 bits per heavy atom. The number of esters is 1. The summed E-state index contributed by atoms with van der Waals surface area (Å²) in [6.45, 7) is 8.79. The van der Waals surface area contributed by atoms with Crippen LogP contribution in [-0.4, -0.2) is 28.7 Å². The van der Waals surface area contributed by atoms with Crippen LogP contribution in [0.1, 0.15) is 55.3 Å². The summed E-state index contributed by atoms with van der Waals surface area (Å²) in [7, 11) is 0. The molecule has 0 spiro atoms. The van der Waals surface area contributed by atoms with Gasteiger partial charge in [-0.05, 0) is 76.5 Å². The summed E-state index contributed by atoms with van der Waals surface area (Å²) in [4.78, 5) is 27.4. The Morgan fingerprint density at radius 2 is 1.77 bits per heavy atom. The normalized spacial score (nSPS) is 10.9. The Balaban J connectivity index is 2.23. The van der Waals surface area contributed by atoms with Gasteiger partial charge in [0.1, 0.15) is 5.60 Å². The molecular weight excluding hydrogens is 388 g/mol. The van der Waals surface area contributed by atoms with Crippen LogP contribution in [0.4, 0.5) is 11.4 Å². The zero-order valence-electron chi connectivity index (χ0n) is 17.5. The first-order chi connectivity index (χ1) is 14.0. The summed E-state index contributed by atoms with van der Waals surface area (Å²) in [5.41, 5.74) is 8.84. The molecule has 9 nitrogen and oxygen atoms in total. The van der Waals surface area contributed by atoms with E-state index in [4.69, 9.17) is 15.0 Å². The second-order valence-electron chi connectivity index (χ2n) is 7.70. The molecular formula is C21H24N4O5. The fourth-order valence-corrected chi connectivity index (χ4v) is 2.45. The van der Waals surface area contributed by atoms with Crippen molar-refractivity contribution in [3.05, 3.63) is 58.0 Å². The molecule has 0 heterocycles. The van der Waals surface area contributed by atoms with E-state index in [0.717, 1.165) is 0 Å². The molecule has 0 aromatic heterocycles. The SMILES string of the molecule is CC(C)Oc1c(N=[N+]=[N-])ccc(C(=O)Nc2ccc(C(=O)OC(C)(C)C)cc2)c1O. The number of phenols is 1. The number of rotatable bonds is 6. The maximum Gasteiger partial charge on any atom is 0.338 e. The first-order valence-corrected chi connectivity index (χ1v) is 9.24. The molecule has 0 atom stereocenters. The lowest BCUT2D eigenvalue weighted by Gasteiger charge is -2.19. The van der Waals surface area contributed by atoms with Crippen molar-refractivity contribution in [2.45, 2.75) is 46.3 Å². The van der Waals surface area contributed by atoms with Crippen molar-refractivity contribution in [3.8, 4) is 11.5 Å². The first-order valence-electron chi connectivity index (χ1n) is 9.24. The number of benzene rings is 2. The number of azide groups is 1. The van der Waals surface area contributed by atoms with Gasteiger partial charge in [0.25, 0.3) is 5.91 Å². The third-order valence-electron chi connectivity index (χ3n) is 3.64. The van der Waals surface area contributed by atoms with E-state index in [2.05, 4.69) is 15.3 Å². The average molecular weight is 412 g/mol. The van der Waals surface area contributed by atoms with Crippen molar-refractivity contribution in [2.75, 3.05) is 5.32 Å². The van der Waals surface area contributed by atoms with Crippen molar-refractivity contribution in [2.24, 2.45) is 5.11 Å². The van der Waals surface area contributed by atoms with Gasteiger partial charge in [0, 0.05) is 10.6 Å². The molecule has 0 bridgehead atoms. The van der Waals surface area contributed by atoms with Gasteiger partial charge in [0.05, 0.1) is 22.9 Å². The summed E-state index contributed by atoms with van der Waals surface area (Å²) >= 11 is 0. The highest BCUT2D eigenvalue weighted by Crippen LogP contribution is 2.40. The highest BCUT2D eigenvalue weighted by molar-refractivity contribution is 6.07. The minimum Gasteiger partial charge on any atom is -0.504 e. The van der Waals surface area contributed by atoms with Crippen LogP contribution in [0.3, 0.4) is 0 Å². The fourth-order valence-electron chi connectivity index (χ4n) is 2.45. The summed E-state index contributed by atoms with van der Waals surface area (Å²) in [6, 6.07) is 8.87. The molecule has 2 aromatic carbocycles. The van der Waals surface area contributed by atoms with Gasteiger partial charge in [0.2, 0.25) is 0 Å². The van der Waals surface area contributed by atoms with Gasteiger partial charge in [0.15, 0.2) is 11.5 Å². The predicted molar refractivity (Wildman–Crippen MR) is 112 cm³/mol. The Bertz CT molecular complexity index is 988. The number of carbonyl (C=O) groups excluding carboxylic acids is 2. The number of hydrogen-bond donors (Lipinski definition) is 2. The molecule has 9 heteroatoms. The molecule has 30 heavy (non-hydrogen) atoms. The molecule has 0 saturated carbocycles. The number of phenolic OH excluding ortho intramolecular Hbond substituents is 1. The van der Waals surface area contributed by atoms with Crippen LogP contribution >= 0.6 is 0 Å². The average Bonchev–Trinajstić information content (AvgIpc) is 2.63. The number of carbonyl (C=O) groups is 2. The van der Waals surface area contributed by atoms with Crippen LogP contribution in [0.5, 0.6) is 11.5 Å². The van der Waals surface area contributed by atoms with E-state index >= 15 is 0 Å². The fraction of sp³-hybridized carbons (Fsp3) is 0.333. The number of anilines is 1. The molecule has 0 aliphatic rings. The Morgan fingerprint density at radius 3 is 2.30 bits per heavy atom. The van der Waals surface area contributed by atoms with Crippen molar-refractivity contribution in [1.29, 1.82) is 0 Å². The lowest BCUT2D eigenvalue weighted by atomic mass is 10.1. The molecule has 2 N–H and O–H groups in total. The maximum absolute atomic E-state index is 12.6. The highest BCUT2D eigenvalue weighted by Gasteiger charge is 2.21. The molecule has 0 aliphatic carbocycles. The van der Waals surface area contributed by atoms with E-state index in [-0.39, 0.29) is 23.1 Å². The van der Waals surface area contributed by atoms with Gasteiger partial charge in [-0.15, -0.1) is 0 Å². The van der Waals surface area contributed by atoms with Crippen molar-refractivity contribution >= 4 is 23.3 Å². The van der Waals surface area contributed by atoms with Crippen LogP contribution in [-0.2, 0) is 4.74 Å². The number of hydrogen-bond acceptors (Lipinski definition) is 6. The van der Waals surface area contributed by atoms with Crippen molar-refractivity contribution < 1.29 is 24.2 Å². The maximum atomic E-state index is 12.6. The zero-order valence-corrected chi connectivity index (χ0v) is 17.5. The molecule has 0 aliphatic heterocycles. The molecule has 2 aromatic rings. The van der Waals surface area contributed by atoms with E-state index in [0.29, 0.717) is 11.3 Å². The highest BCUT2D eigenvalue weighted by atomic mass is 16.6. The number of aromatic hydroxyl groups is 1. The third-order valence-corrected chi connectivity index (χ3v) is 3.64. The van der Waals surface area contributed by atoms with Gasteiger partial charge in [-0.1, -0.05) is 5.11 Å². The molecule has 2 rings (SSSR count). The van der Waals surface area contributed by atoms with Crippen LogP contribution in [0.2, 0.25) is 0 Å². The largest absolute Gasteiger partial charge is 0.504 e. The van der Waals surface area contributed by atoms with Gasteiger partial charge in [-0.2, -0.15) is 0 Å². The molecule has 0 radical (unpaired) electrons. The lowest BCUT2D eigenvalue weighted by Crippen LogP contribution is -2.23. The lowest BCUT2D eigenvalue weighted by molar-refractivity contribution is 0.00694. The van der Waals surface area contributed by atoms with Gasteiger partial charge in [-0.25, -0.2) is 4.79 Å². The topological polar surface area (TPSA) is 134 Å². The van der Waals surface area contributed by atoms with E-state index in [1.165, 1.54) is 24.3 Å². The zero-order chi connectivity index (χ0) is 22.5. The van der Waals surface area contributed by atoms with Crippen LogP contribution in [0.25, 0.3) is 10.4 Å². The van der Waals surface area contributed by atoms with Crippen LogP contribution in [0, 0.1) is 0 Å². The molecule has 0 fully saturated rings. The van der Waals surface area contributed by atoms with Crippen LogP contribution in [0.15, 0.2) is 41.5 Å². The van der Waals surface area contributed by atoms with Crippen molar-refractivity contribution in [1.82, 2.24) is 0 Å². The van der Waals surface area contributed by atoms with E-state index < -0.39 is 23.2 Å². The minimum absolute atomic E-state index is 0.0567. The minimum atomic E-state index is -0.612. The number of ether oxygens (including phenoxy) is 2. The summed E-state index contributed by atoms with van der Waals surface area (Å²) in [5, 5.41) is 16.6. The van der Waals surface area contributed by atoms with Gasteiger partial charge >= 0.3 is 5.97 Å². The van der Waals surface area contributed by atoms with Crippen molar-refractivity contribution in [3.63, 3.8) is 0 Å². The quantitative estimate of drug-likeness (QED) is 0.286. The smallest absolute Gasteiger partial charge is 0.338 e. The molecule has 0 saturated heterocycles. The van der Waals surface area contributed by atoms with E-state index in [1.54, 1.807) is 46.8 Å². The third kappa shape index (κ3) is 5.89. The van der Waals surface area contributed by atoms with Crippen LogP contribution < -0.4 is 10.1 Å². The predicted octanol–water partition coefficient (Wildman–Crippen LogP) is 5.33. The van der Waals surface area contributed by atoms with Gasteiger partial charge in [-0.3, -0.25) is 4.79 Å². The summed E-state index contributed by atoms with van der Waals surface area (Å²) in [5.74, 6) is -1.58. The molecule has 158 valence electrons. The van der Waals surface area contributed by atoms with E-state index in [1.807, 2.05) is 0 Å². The molecule has 1 amide bonds. The second kappa shape index (κ2) is 9.19. The second-order valence-corrected chi connectivity index (χ2v) is 7.70. The molecule has 0 unspecified atom stereocenters. The standard InChI is InChI=1S/C21H24N4O5/c1-12(2)29-18-16(24-25-22)11-10-15(17(18)26)19(27)23-14-8-6-13(7-9-14)20(28)30-21(3,4)5/h6-12,26H,1-5H3,(H,23,27). The monoisotopic (exact) mass is 412 g/mol. The summed E-state index contributed by atoms with van der Waals surface area (Å²) < 4.78 is 10.8. The Hall–Kier alpha value is -3.71. The number of nitrogens with zero attached hydrogens (tertiary/aromatic N) is 3. The van der Waals surface area contributed by atoms with E-state index in [9.17, 15) is 14.7 Å². The number of nitrogens with one attached hydrogen (secondary N) is 1. The van der Waals surface area contributed by atoms with Gasteiger partial charge < -0.3 is 19.9 Å². The number of amides is 1. The first kappa shape index (κ1) is 22.6. The Labute approximate surface area is 174 Å². The summed E-state index contributed by atoms with van der Waals surface area (Å²) in [6.07, 6.45) is -0.317.